The van der Waals surface area contributed by atoms with Crippen molar-refractivity contribution in [3.63, 3.8) is 0 Å². The number of aromatic hydroxyl groups is 1. The van der Waals surface area contributed by atoms with Crippen LogP contribution in [0.15, 0.2) is 16.6 Å². The van der Waals surface area contributed by atoms with Gasteiger partial charge in [0.1, 0.15) is 0 Å². The van der Waals surface area contributed by atoms with Crippen LogP contribution in [0.2, 0.25) is 0 Å². The van der Waals surface area contributed by atoms with E-state index in [9.17, 15) is 5.11 Å². The summed E-state index contributed by atoms with van der Waals surface area (Å²) < 4.78 is 5.97. The van der Waals surface area contributed by atoms with Crippen molar-refractivity contribution in [1.29, 1.82) is 0 Å². The van der Waals surface area contributed by atoms with Crippen molar-refractivity contribution in [3.8, 4) is 11.5 Å². The minimum Gasteiger partial charge on any atom is -0.504 e. The third-order valence-corrected chi connectivity index (χ3v) is 2.73. The van der Waals surface area contributed by atoms with Gasteiger partial charge in [-0.3, -0.25) is 0 Å². The van der Waals surface area contributed by atoms with Gasteiger partial charge < -0.3 is 9.84 Å². The fourth-order valence-electron chi connectivity index (χ4n) is 1.28. The van der Waals surface area contributed by atoms with Crippen LogP contribution in [0, 0.1) is 0 Å². The van der Waals surface area contributed by atoms with Crippen LogP contribution in [0.3, 0.4) is 0 Å². The van der Waals surface area contributed by atoms with Crippen molar-refractivity contribution in [1.82, 2.24) is 0 Å². The van der Waals surface area contributed by atoms with Crippen molar-refractivity contribution >= 4 is 15.9 Å². The molecular weight excluding hydrogens is 244 g/mol. The van der Waals surface area contributed by atoms with E-state index in [2.05, 4.69) is 36.7 Å². The second kappa shape index (κ2) is 3.81. The highest BCUT2D eigenvalue weighted by Gasteiger charge is 2.19. The summed E-state index contributed by atoms with van der Waals surface area (Å²) >= 11 is 3.43. The first-order valence-electron chi connectivity index (χ1n) is 4.43. The molecule has 0 aliphatic heterocycles. The maximum absolute atomic E-state index is 9.53. The summed E-state index contributed by atoms with van der Waals surface area (Å²) in [6.07, 6.45) is 0. The van der Waals surface area contributed by atoms with E-state index in [1.165, 1.54) is 0 Å². The first-order chi connectivity index (χ1) is 6.36. The molecule has 0 saturated carbocycles. The summed E-state index contributed by atoms with van der Waals surface area (Å²) in [5, 5.41) is 9.53. The van der Waals surface area contributed by atoms with Gasteiger partial charge in [0.2, 0.25) is 0 Å². The zero-order valence-electron chi connectivity index (χ0n) is 8.89. The van der Waals surface area contributed by atoms with Gasteiger partial charge in [0.25, 0.3) is 0 Å². The molecule has 0 bridgehead atoms. The Bertz CT molecular complexity index is 340. The molecule has 0 atom stereocenters. The zero-order chi connectivity index (χ0) is 10.9. The van der Waals surface area contributed by atoms with Crippen LogP contribution >= 0.6 is 15.9 Å². The smallest absolute Gasteiger partial charge is 0.160 e. The number of benzene rings is 1. The number of rotatable bonds is 1. The van der Waals surface area contributed by atoms with E-state index in [0.717, 1.165) is 10.0 Å². The van der Waals surface area contributed by atoms with E-state index in [4.69, 9.17) is 4.74 Å². The molecule has 1 aromatic carbocycles. The molecule has 0 aliphatic rings. The molecule has 2 nitrogen and oxygen atoms in total. The summed E-state index contributed by atoms with van der Waals surface area (Å²) in [5.74, 6) is 0.672. The Morgan fingerprint density at radius 2 is 1.86 bits per heavy atom. The van der Waals surface area contributed by atoms with Gasteiger partial charge in [0.05, 0.1) is 7.11 Å². The molecule has 0 heterocycles. The minimum atomic E-state index is 0.0276. The average Bonchev–Trinajstić information content (AvgIpc) is 2.02. The van der Waals surface area contributed by atoms with E-state index < -0.39 is 0 Å². The minimum absolute atomic E-state index is 0.0276. The molecule has 0 aliphatic carbocycles. The summed E-state index contributed by atoms with van der Waals surface area (Å²) in [7, 11) is 1.55. The molecule has 1 aromatic rings. The summed E-state index contributed by atoms with van der Waals surface area (Å²) in [6, 6.07) is 3.53. The topological polar surface area (TPSA) is 29.5 Å². The monoisotopic (exact) mass is 258 g/mol. The molecule has 0 unspecified atom stereocenters. The fraction of sp³-hybridized carbons (Fsp3) is 0.455. The Morgan fingerprint density at radius 3 is 2.29 bits per heavy atom. The quantitative estimate of drug-likeness (QED) is 0.836. The molecule has 1 rings (SSSR count). The molecule has 0 spiro atoms. The lowest BCUT2D eigenvalue weighted by atomic mass is 9.87. The molecule has 0 radical (unpaired) electrons. The highest BCUT2D eigenvalue weighted by Crippen LogP contribution is 2.37. The van der Waals surface area contributed by atoms with Crippen LogP contribution in [0.4, 0.5) is 0 Å². The standard InChI is InChI=1S/C11H15BrO2/c1-11(2,3)7-5-10(14-4)9(13)6-8(7)12/h5-6,13H,1-4H3. The predicted octanol–water partition coefficient (Wildman–Crippen LogP) is 3.46. The van der Waals surface area contributed by atoms with Crippen LogP contribution < -0.4 is 4.74 Å². The highest BCUT2D eigenvalue weighted by molar-refractivity contribution is 9.10. The Labute approximate surface area is 93.0 Å². The third kappa shape index (κ3) is 2.21. The molecule has 0 saturated heterocycles. The van der Waals surface area contributed by atoms with Crippen LogP contribution in [0.25, 0.3) is 0 Å². The summed E-state index contributed by atoms with van der Waals surface area (Å²) in [6.45, 7) is 6.34. The van der Waals surface area contributed by atoms with Gasteiger partial charge in [0, 0.05) is 4.47 Å². The van der Waals surface area contributed by atoms with Crippen molar-refractivity contribution < 1.29 is 9.84 Å². The van der Waals surface area contributed by atoms with E-state index in [1.54, 1.807) is 13.2 Å². The molecule has 0 aromatic heterocycles. The lowest BCUT2D eigenvalue weighted by Gasteiger charge is -2.21. The van der Waals surface area contributed by atoms with Gasteiger partial charge in [-0.25, -0.2) is 0 Å². The van der Waals surface area contributed by atoms with Gasteiger partial charge in [-0.2, -0.15) is 0 Å². The first kappa shape index (κ1) is 11.4. The normalized spacial score (nSPS) is 11.5. The van der Waals surface area contributed by atoms with Crippen LogP contribution in [0.5, 0.6) is 11.5 Å². The molecule has 78 valence electrons. The Balaban J connectivity index is 3.32. The number of halogens is 1. The largest absolute Gasteiger partial charge is 0.504 e. The third-order valence-electron chi connectivity index (χ3n) is 2.08. The number of phenolic OH excluding ortho intramolecular Hbond substituents is 1. The number of ether oxygens (including phenoxy) is 1. The van der Waals surface area contributed by atoms with E-state index in [1.807, 2.05) is 6.07 Å². The van der Waals surface area contributed by atoms with Crippen LogP contribution in [0.1, 0.15) is 26.3 Å². The lowest BCUT2D eigenvalue weighted by molar-refractivity contribution is 0.371. The molecule has 0 amide bonds. The van der Waals surface area contributed by atoms with Gasteiger partial charge in [0.15, 0.2) is 11.5 Å². The summed E-state index contributed by atoms with van der Waals surface area (Å²) in [4.78, 5) is 0. The second-order valence-electron chi connectivity index (χ2n) is 4.25. The zero-order valence-corrected chi connectivity index (χ0v) is 10.5. The Hall–Kier alpha value is -0.700. The number of phenols is 1. The Kier molecular flexibility index (Phi) is 3.10. The molecule has 1 N–H and O–H groups in total. The number of hydrogen-bond acceptors (Lipinski definition) is 2. The molecule has 0 fully saturated rings. The maximum atomic E-state index is 9.53. The van der Waals surface area contributed by atoms with Gasteiger partial charge >= 0.3 is 0 Å². The first-order valence-corrected chi connectivity index (χ1v) is 5.22. The SMILES string of the molecule is COc1cc(C(C)(C)C)c(Br)cc1O. The van der Waals surface area contributed by atoms with Crippen LogP contribution in [-0.2, 0) is 5.41 Å². The van der Waals surface area contributed by atoms with Gasteiger partial charge in [-0.1, -0.05) is 36.7 Å². The van der Waals surface area contributed by atoms with E-state index in [0.29, 0.717) is 5.75 Å². The van der Waals surface area contributed by atoms with Crippen LogP contribution in [-0.4, -0.2) is 12.2 Å². The molecular formula is C11H15BrO2. The Morgan fingerprint density at radius 1 is 1.29 bits per heavy atom. The van der Waals surface area contributed by atoms with Gasteiger partial charge in [-0.05, 0) is 23.1 Å². The molecule has 14 heavy (non-hydrogen) atoms. The van der Waals surface area contributed by atoms with Crippen molar-refractivity contribution in [3.05, 3.63) is 22.2 Å². The van der Waals surface area contributed by atoms with Crippen molar-refractivity contribution in [2.75, 3.05) is 7.11 Å². The number of hydrogen-bond donors (Lipinski definition) is 1. The maximum Gasteiger partial charge on any atom is 0.160 e. The van der Waals surface area contributed by atoms with Crippen molar-refractivity contribution in [2.45, 2.75) is 26.2 Å². The number of methoxy groups -OCH3 is 1. The summed E-state index contributed by atoms with van der Waals surface area (Å²) in [5.41, 5.74) is 1.15. The fourth-order valence-corrected chi connectivity index (χ4v) is 2.21. The predicted molar refractivity (Wildman–Crippen MR) is 61.1 cm³/mol. The highest BCUT2D eigenvalue weighted by atomic mass is 79.9. The van der Waals surface area contributed by atoms with Gasteiger partial charge in [-0.15, -0.1) is 0 Å². The van der Waals surface area contributed by atoms with Crippen molar-refractivity contribution in [2.24, 2.45) is 0 Å². The lowest BCUT2D eigenvalue weighted by Crippen LogP contribution is -2.12. The average molecular weight is 259 g/mol. The second-order valence-corrected chi connectivity index (χ2v) is 5.11. The van der Waals surface area contributed by atoms with E-state index in [-0.39, 0.29) is 11.2 Å². The molecule has 3 heteroatoms. The van der Waals surface area contributed by atoms with E-state index >= 15 is 0 Å².